The lowest BCUT2D eigenvalue weighted by molar-refractivity contribution is -0.116. The number of hydrogen-bond donors (Lipinski definition) is 1. The predicted molar refractivity (Wildman–Crippen MR) is 122 cm³/mol. The highest BCUT2D eigenvalue weighted by atomic mass is 32.2. The summed E-state index contributed by atoms with van der Waals surface area (Å²) < 4.78 is 25.6. The first-order valence-corrected chi connectivity index (χ1v) is 12.1. The second-order valence-electron chi connectivity index (χ2n) is 9.11. The number of carbonyl (C=O) groups excluding carboxylic acids is 1. The maximum Gasteiger partial charge on any atom is 0.185 e. The van der Waals surface area contributed by atoms with E-state index in [1.807, 2.05) is 27.7 Å². The van der Waals surface area contributed by atoms with Gasteiger partial charge in [0.05, 0.1) is 22.1 Å². The molecule has 31 heavy (non-hydrogen) atoms. The minimum atomic E-state index is -3.80. The van der Waals surface area contributed by atoms with Crippen molar-refractivity contribution in [1.82, 2.24) is 0 Å². The molecule has 6 heteroatoms. The van der Waals surface area contributed by atoms with Gasteiger partial charge in [0.25, 0.3) is 0 Å². The number of carbonyl (C=O) groups is 1. The molecule has 0 saturated heterocycles. The van der Waals surface area contributed by atoms with Crippen molar-refractivity contribution >= 4 is 15.6 Å². The summed E-state index contributed by atoms with van der Waals surface area (Å²) in [5, 5.41) is 19.4. The largest absolute Gasteiger partial charge is 0.386 e. The molecule has 0 amide bonds. The third-order valence-electron chi connectivity index (χ3n) is 5.34. The number of nitrogens with zero attached hydrogens (tertiary/aromatic N) is 1. The molecule has 0 heterocycles. The second kappa shape index (κ2) is 9.33. The Morgan fingerprint density at radius 2 is 1.52 bits per heavy atom. The van der Waals surface area contributed by atoms with Gasteiger partial charge in [-0.15, -0.1) is 0 Å². The van der Waals surface area contributed by atoms with Crippen molar-refractivity contribution in [3.8, 4) is 6.07 Å². The Bertz CT molecular complexity index is 1070. The summed E-state index contributed by atoms with van der Waals surface area (Å²) in [5.74, 6) is -0.788. The lowest BCUT2D eigenvalue weighted by Crippen LogP contribution is -2.20. The van der Waals surface area contributed by atoms with Gasteiger partial charge in [0.2, 0.25) is 0 Å². The van der Waals surface area contributed by atoms with Crippen LogP contribution in [0.4, 0.5) is 0 Å². The maximum atomic E-state index is 12.8. The summed E-state index contributed by atoms with van der Waals surface area (Å²) in [5.41, 5.74) is 2.70. The van der Waals surface area contributed by atoms with E-state index >= 15 is 0 Å². The van der Waals surface area contributed by atoms with Crippen LogP contribution in [0, 0.1) is 11.3 Å². The van der Waals surface area contributed by atoms with Crippen LogP contribution in [0.25, 0.3) is 0 Å². The van der Waals surface area contributed by atoms with E-state index in [0.29, 0.717) is 11.1 Å². The van der Waals surface area contributed by atoms with Crippen molar-refractivity contribution < 1.29 is 18.3 Å². The van der Waals surface area contributed by atoms with Gasteiger partial charge in [-0.25, -0.2) is 8.42 Å². The van der Waals surface area contributed by atoms with Gasteiger partial charge >= 0.3 is 0 Å². The Morgan fingerprint density at radius 1 is 1.03 bits per heavy atom. The maximum absolute atomic E-state index is 12.8. The number of nitriles is 1. The van der Waals surface area contributed by atoms with Crippen LogP contribution in [0.1, 0.15) is 81.2 Å². The first-order chi connectivity index (χ1) is 14.3. The molecule has 0 saturated carbocycles. The molecule has 0 aliphatic carbocycles. The molecular formula is C25H31NO4S. The summed E-state index contributed by atoms with van der Waals surface area (Å²) in [6, 6.07) is 11.7. The predicted octanol–water partition coefficient (Wildman–Crippen LogP) is 4.62. The number of Topliss-reactive ketones (excluding diaryl/α,β-unsaturated/α-hetero) is 1. The van der Waals surface area contributed by atoms with E-state index in [2.05, 4.69) is 6.07 Å². The lowest BCUT2D eigenvalue weighted by Gasteiger charge is -2.20. The second-order valence-corrected chi connectivity index (χ2v) is 11.1. The number of aliphatic hydroxyl groups is 1. The molecule has 0 bridgehead atoms. The minimum absolute atomic E-state index is 0.00766. The van der Waals surface area contributed by atoms with E-state index in [-0.39, 0.29) is 28.9 Å². The van der Waals surface area contributed by atoms with Crippen LogP contribution in [0.15, 0.2) is 41.3 Å². The van der Waals surface area contributed by atoms with Gasteiger partial charge in [-0.2, -0.15) is 5.26 Å². The van der Waals surface area contributed by atoms with E-state index < -0.39 is 21.2 Å². The molecule has 2 aromatic carbocycles. The third kappa shape index (κ3) is 6.03. The molecule has 166 valence electrons. The standard InChI is InChI=1S/C25H31NO4S/c1-16(2)22-11-18(14-26)12-23(17(3)4)24(22)13-20(27)15-31(29,30)21-9-7-19(8-10-21)25(5,6)28/h7-12,16-17,28H,13,15H2,1-6H3. The zero-order valence-corrected chi connectivity index (χ0v) is 19.9. The summed E-state index contributed by atoms with van der Waals surface area (Å²) in [6.45, 7) is 11.2. The third-order valence-corrected chi connectivity index (χ3v) is 7.03. The van der Waals surface area contributed by atoms with Crippen LogP contribution in [0.5, 0.6) is 0 Å². The first kappa shape index (κ1) is 24.8. The van der Waals surface area contributed by atoms with Gasteiger partial charge < -0.3 is 5.11 Å². The number of sulfone groups is 1. The van der Waals surface area contributed by atoms with Gasteiger partial charge in [0, 0.05) is 6.42 Å². The van der Waals surface area contributed by atoms with E-state index in [4.69, 9.17) is 0 Å². The monoisotopic (exact) mass is 441 g/mol. The van der Waals surface area contributed by atoms with Crippen molar-refractivity contribution in [3.05, 3.63) is 64.2 Å². The molecule has 0 atom stereocenters. The highest BCUT2D eigenvalue weighted by Gasteiger charge is 2.24. The van der Waals surface area contributed by atoms with E-state index in [9.17, 15) is 23.6 Å². The van der Waals surface area contributed by atoms with Gasteiger partial charge in [0.15, 0.2) is 15.6 Å². The fourth-order valence-corrected chi connectivity index (χ4v) is 4.87. The molecule has 0 radical (unpaired) electrons. The van der Waals surface area contributed by atoms with Crippen molar-refractivity contribution in [2.75, 3.05) is 5.75 Å². The normalized spacial score (nSPS) is 12.3. The minimum Gasteiger partial charge on any atom is -0.386 e. The van der Waals surface area contributed by atoms with Crippen LogP contribution in [-0.4, -0.2) is 25.1 Å². The molecule has 2 aromatic rings. The molecule has 0 unspecified atom stereocenters. The quantitative estimate of drug-likeness (QED) is 0.645. The highest BCUT2D eigenvalue weighted by Crippen LogP contribution is 2.30. The average Bonchev–Trinajstić information content (AvgIpc) is 2.66. The van der Waals surface area contributed by atoms with Crippen LogP contribution in [0.2, 0.25) is 0 Å². The van der Waals surface area contributed by atoms with Crippen molar-refractivity contribution in [2.45, 2.75) is 70.3 Å². The Hall–Kier alpha value is -2.49. The average molecular weight is 442 g/mol. The van der Waals surface area contributed by atoms with E-state index in [1.54, 1.807) is 38.1 Å². The fourth-order valence-electron chi connectivity index (χ4n) is 3.63. The van der Waals surface area contributed by atoms with E-state index in [0.717, 1.165) is 16.7 Å². The number of rotatable bonds is 8. The molecule has 0 spiro atoms. The van der Waals surface area contributed by atoms with Crippen LogP contribution in [0.3, 0.4) is 0 Å². The molecule has 0 fully saturated rings. The topological polar surface area (TPSA) is 95.2 Å². The van der Waals surface area contributed by atoms with Crippen molar-refractivity contribution in [3.63, 3.8) is 0 Å². The summed E-state index contributed by atoms with van der Waals surface area (Å²) >= 11 is 0. The van der Waals surface area contributed by atoms with Crippen LogP contribution in [-0.2, 0) is 26.7 Å². The molecular weight excluding hydrogens is 410 g/mol. The van der Waals surface area contributed by atoms with Crippen LogP contribution >= 0.6 is 0 Å². The van der Waals surface area contributed by atoms with E-state index in [1.165, 1.54) is 12.1 Å². The molecule has 0 aliphatic rings. The fraction of sp³-hybridized carbons (Fsp3) is 0.440. The number of ketones is 1. The Labute approximate surface area is 185 Å². The smallest absolute Gasteiger partial charge is 0.185 e. The number of hydrogen-bond acceptors (Lipinski definition) is 5. The van der Waals surface area contributed by atoms with Gasteiger partial charge in [-0.3, -0.25) is 4.79 Å². The van der Waals surface area contributed by atoms with Crippen molar-refractivity contribution in [1.29, 1.82) is 5.26 Å². The molecule has 5 nitrogen and oxygen atoms in total. The SMILES string of the molecule is CC(C)c1cc(C#N)cc(C(C)C)c1CC(=O)CS(=O)(=O)c1ccc(C(C)(C)O)cc1. The summed E-state index contributed by atoms with van der Waals surface area (Å²) in [6.07, 6.45) is 0.00766. The summed E-state index contributed by atoms with van der Waals surface area (Å²) in [4.78, 5) is 12.9. The van der Waals surface area contributed by atoms with Gasteiger partial charge in [-0.1, -0.05) is 39.8 Å². The first-order valence-electron chi connectivity index (χ1n) is 10.4. The number of benzene rings is 2. The zero-order valence-electron chi connectivity index (χ0n) is 19.1. The Morgan fingerprint density at radius 3 is 1.90 bits per heavy atom. The van der Waals surface area contributed by atoms with Crippen molar-refractivity contribution in [2.24, 2.45) is 0 Å². The Balaban J connectivity index is 2.34. The van der Waals surface area contributed by atoms with Gasteiger partial charge in [-0.05, 0) is 72.2 Å². The molecule has 0 aromatic heterocycles. The van der Waals surface area contributed by atoms with Crippen LogP contribution < -0.4 is 0 Å². The lowest BCUT2D eigenvalue weighted by atomic mass is 9.85. The Kier molecular flexibility index (Phi) is 7.46. The summed E-state index contributed by atoms with van der Waals surface area (Å²) in [7, 11) is -3.80. The highest BCUT2D eigenvalue weighted by molar-refractivity contribution is 7.92. The molecule has 2 rings (SSSR count). The molecule has 1 N–H and O–H groups in total. The molecule has 0 aliphatic heterocycles. The zero-order chi connectivity index (χ0) is 23.6. The van der Waals surface area contributed by atoms with Gasteiger partial charge in [0.1, 0.15) is 5.75 Å².